The molecule has 3 rings (SSSR count). The minimum atomic E-state index is -0.342. The molecule has 0 bridgehead atoms. The van der Waals surface area contributed by atoms with Gasteiger partial charge >= 0.3 is 17.9 Å². The Balaban J connectivity index is 1.97. The number of carbonyl (C=O) groups excluding carboxylic acids is 3. The molecule has 3 aliphatic rings. The molecule has 2 saturated carbocycles. The first kappa shape index (κ1) is 18.2. The third-order valence-electron chi connectivity index (χ3n) is 6.78. The van der Waals surface area contributed by atoms with Crippen molar-refractivity contribution in [3.8, 4) is 0 Å². The van der Waals surface area contributed by atoms with Gasteiger partial charge in [-0.1, -0.05) is 20.8 Å². The highest BCUT2D eigenvalue weighted by atomic mass is 16.6. The molecule has 0 spiro atoms. The predicted octanol–water partition coefficient (Wildman–Crippen LogP) is 2.48. The summed E-state index contributed by atoms with van der Waals surface area (Å²) in [7, 11) is 0. The van der Waals surface area contributed by atoms with Crippen LogP contribution in [0.5, 0.6) is 0 Å². The quantitative estimate of drug-likeness (QED) is 0.561. The van der Waals surface area contributed by atoms with Crippen LogP contribution in [-0.2, 0) is 28.6 Å². The van der Waals surface area contributed by atoms with Crippen molar-refractivity contribution in [2.75, 3.05) is 0 Å². The molecule has 0 amide bonds. The van der Waals surface area contributed by atoms with E-state index in [1.54, 1.807) is 0 Å². The Bertz CT molecular complexity index is 586. The molecule has 0 unspecified atom stereocenters. The second-order valence-corrected chi connectivity index (χ2v) is 8.27. The first-order valence-corrected chi connectivity index (χ1v) is 9.20. The van der Waals surface area contributed by atoms with Crippen molar-refractivity contribution >= 4 is 17.9 Å². The third-order valence-corrected chi connectivity index (χ3v) is 6.78. The third kappa shape index (κ3) is 2.93. The van der Waals surface area contributed by atoms with Gasteiger partial charge in [-0.2, -0.15) is 0 Å². The number of hydrogen-bond donors (Lipinski definition) is 0. The monoisotopic (exact) mass is 352 g/mol. The van der Waals surface area contributed by atoms with Crippen LogP contribution in [-0.4, -0.2) is 36.2 Å². The van der Waals surface area contributed by atoms with Crippen LogP contribution in [0.3, 0.4) is 0 Å². The van der Waals surface area contributed by atoms with Crippen LogP contribution in [0.4, 0.5) is 0 Å². The van der Waals surface area contributed by atoms with E-state index in [1.165, 1.54) is 13.8 Å². The molecular weight excluding hydrogens is 324 g/mol. The average molecular weight is 352 g/mol. The molecule has 0 aromatic rings. The number of fused-ring (bicyclic) bond motifs is 3. The fourth-order valence-corrected chi connectivity index (χ4v) is 5.51. The Morgan fingerprint density at radius 1 is 1.16 bits per heavy atom. The van der Waals surface area contributed by atoms with E-state index in [0.717, 1.165) is 12.8 Å². The summed E-state index contributed by atoms with van der Waals surface area (Å²) >= 11 is 0. The van der Waals surface area contributed by atoms with Gasteiger partial charge in [0.2, 0.25) is 0 Å². The zero-order valence-electron chi connectivity index (χ0n) is 15.6. The van der Waals surface area contributed by atoms with Crippen molar-refractivity contribution in [3.63, 3.8) is 0 Å². The summed E-state index contributed by atoms with van der Waals surface area (Å²) in [6, 6.07) is 0. The van der Waals surface area contributed by atoms with Gasteiger partial charge in [-0.25, -0.2) is 0 Å². The maximum atomic E-state index is 12.2. The SMILES string of the molecule is CC(=O)O[C@@H]1C[C@@H](OC(C)=O)[C@]2(C)CC[C@@H]3[C@H](OC(=O)[C@H]3C)[C@H]2[C@@H]1C. The fourth-order valence-electron chi connectivity index (χ4n) is 5.51. The van der Waals surface area contributed by atoms with E-state index in [0.29, 0.717) is 6.42 Å². The van der Waals surface area contributed by atoms with Crippen molar-refractivity contribution in [1.82, 2.24) is 0 Å². The van der Waals surface area contributed by atoms with Crippen molar-refractivity contribution in [2.24, 2.45) is 29.1 Å². The Labute approximate surface area is 148 Å². The highest BCUT2D eigenvalue weighted by Gasteiger charge is 2.63. The van der Waals surface area contributed by atoms with Crippen LogP contribution in [0.25, 0.3) is 0 Å². The van der Waals surface area contributed by atoms with Gasteiger partial charge < -0.3 is 14.2 Å². The number of rotatable bonds is 2. The van der Waals surface area contributed by atoms with E-state index < -0.39 is 0 Å². The van der Waals surface area contributed by atoms with Crippen molar-refractivity contribution in [2.45, 2.75) is 72.2 Å². The second-order valence-electron chi connectivity index (χ2n) is 8.27. The van der Waals surface area contributed by atoms with Crippen molar-refractivity contribution in [3.05, 3.63) is 0 Å². The minimum absolute atomic E-state index is 0.00241. The minimum Gasteiger partial charge on any atom is -0.462 e. The lowest BCUT2D eigenvalue weighted by atomic mass is 9.51. The number of ether oxygens (including phenoxy) is 3. The lowest BCUT2D eigenvalue weighted by Gasteiger charge is -2.56. The van der Waals surface area contributed by atoms with Crippen LogP contribution < -0.4 is 0 Å². The van der Waals surface area contributed by atoms with Gasteiger partial charge in [0.05, 0.1) is 5.92 Å². The molecule has 2 aliphatic carbocycles. The molecule has 0 aromatic carbocycles. The molecule has 3 fully saturated rings. The zero-order valence-corrected chi connectivity index (χ0v) is 15.6. The molecule has 6 heteroatoms. The second kappa shape index (κ2) is 6.29. The molecule has 140 valence electrons. The first-order chi connectivity index (χ1) is 11.6. The Hall–Kier alpha value is -1.59. The molecule has 0 radical (unpaired) electrons. The summed E-state index contributed by atoms with van der Waals surface area (Å²) in [5, 5.41) is 0. The molecule has 0 aromatic heterocycles. The molecular formula is C19H28O6. The van der Waals surface area contributed by atoms with Crippen molar-refractivity contribution in [1.29, 1.82) is 0 Å². The van der Waals surface area contributed by atoms with Crippen LogP contribution >= 0.6 is 0 Å². The van der Waals surface area contributed by atoms with E-state index >= 15 is 0 Å². The van der Waals surface area contributed by atoms with E-state index in [4.69, 9.17) is 14.2 Å². The number of hydrogen-bond acceptors (Lipinski definition) is 6. The van der Waals surface area contributed by atoms with Gasteiger partial charge in [-0.15, -0.1) is 0 Å². The van der Waals surface area contributed by atoms with Gasteiger partial charge in [0.25, 0.3) is 0 Å². The van der Waals surface area contributed by atoms with E-state index in [1.807, 2.05) is 6.92 Å². The molecule has 0 N–H and O–H groups in total. The highest BCUT2D eigenvalue weighted by Crippen LogP contribution is 2.59. The van der Waals surface area contributed by atoms with E-state index in [2.05, 4.69) is 13.8 Å². The Morgan fingerprint density at radius 3 is 2.40 bits per heavy atom. The summed E-state index contributed by atoms with van der Waals surface area (Å²) < 4.78 is 17.0. The summed E-state index contributed by atoms with van der Waals surface area (Å²) in [6.07, 6.45) is 1.36. The maximum Gasteiger partial charge on any atom is 0.309 e. The standard InChI is InChI=1S/C19H28O6/c1-9-13-6-7-19(5)15(24-12(4)21)8-14(23-11(3)20)10(2)16(19)17(13)25-18(9)22/h9-10,13-17H,6-8H2,1-5H3/t9-,10+,13-,14+,15+,16+,17-,19-/m0/s1. The fraction of sp³-hybridized carbons (Fsp3) is 0.842. The molecule has 1 heterocycles. The van der Waals surface area contributed by atoms with Crippen LogP contribution in [0, 0.1) is 29.1 Å². The summed E-state index contributed by atoms with van der Waals surface area (Å²) in [4.78, 5) is 35.4. The molecule has 8 atom stereocenters. The van der Waals surface area contributed by atoms with Crippen LogP contribution in [0.1, 0.15) is 53.9 Å². The van der Waals surface area contributed by atoms with E-state index in [9.17, 15) is 14.4 Å². The Morgan fingerprint density at radius 2 is 1.80 bits per heavy atom. The summed E-state index contributed by atoms with van der Waals surface area (Å²) in [5.41, 5.74) is -0.284. The molecule has 1 aliphatic heterocycles. The van der Waals surface area contributed by atoms with Crippen molar-refractivity contribution < 1.29 is 28.6 Å². The number of carbonyl (C=O) groups is 3. The van der Waals surface area contributed by atoms with Gasteiger partial charge in [-0.3, -0.25) is 14.4 Å². The first-order valence-electron chi connectivity index (χ1n) is 9.20. The van der Waals surface area contributed by atoms with Gasteiger partial charge in [0.1, 0.15) is 18.3 Å². The average Bonchev–Trinajstić information content (AvgIpc) is 2.78. The largest absolute Gasteiger partial charge is 0.462 e. The van der Waals surface area contributed by atoms with Crippen LogP contribution in [0.2, 0.25) is 0 Å². The van der Waals surface area contributed by atoms with Gasteiger partial charge in [-0.05, 0) is 12.8 Å². The normalized spacial score (nSPS) is 45.8. The zero-order chi connectivity index (χ0) is 18.5. The molecule has 25 heavy (non-hydrogen) atoms. The number of esters is 3. The summed E-state index contributed by atoms with van der Waals surface area (Å²) in [5.74, 6) is -0.712. The lowest BCUT2D eigenvalue weighted by Crippen LogP contribution is -2.60. The van der Waals surface area contributed by atoms with Crippen LogP contribution in [0.15, 0.2) is 0 Å². The van der Waals surface area contributed by atoms with Gasteiger partial charge in [0.15, 0.2) is 0 Å². The Kier molecular flexibility index (Phi) is 4.58. The predicted molar refractivity (Wildman–Crippen MR) is 88.3 cm³/mol. The maximum absolute atomic E-state index is 12.2. The van der Waals surface area contributed by atoms with Gasteiger partial charge in [0, 0.05) is 43.4 Å². The smallest absolute Gasteiger partial charge is 0.309 e. The highest BCUT2D eigenvalue weighted by molar-refractivity contribution is 5.75. The lowest BCUT2D eigenvalue weighted by molar-refractivity contribution is -0.209. The molecule has 1 saturated heterocycles. The summed E-state index contributed by atoms with van der Waals surface area (Å²) in [6.45, 7) is 8.90. The topological polar surface area (TPSA) is 78.9 Å². The van der Waals surface area contributed by atoms with E-state index in [-0.39, 0.29) is 65.3 Å². The molecule has 6 nitrogen and oxygen atoms in total.